The van der Waals surface area contributed by atoms with Crippen LogP contribution in [0.3, 0.4) is 0 Å². The molecule has 0 amide bonds. The molecule has 1 saturated carbocycles. The van der Waals surface area contributed by atoms with E-state index in [4.69, 9.17) is 4.74 Å². The van der Waals surface area contributed by atoms with Crippen LogP contribution in [0, 0.1) is 17.8 Å². The van der Waals surface area contributed by atoms with Gasteiger partial charge in [0.25, 0.3) is 0 Å². The van der Waals surface area contributed by atoms with Gasteiger partial charge in [-0.1, -0.05) is 48.9 Å². The van der Waals surface area contributed by atoms with Crippen LogP contribution in [0.5, 0.6) is 0 Å². The average molecular weight is 228 g/mol. The Kier molecular flexibility index (Phi) is 2.50. The van der Waals surface area contributed by atoms with Crippen LogP contribution in [0.1, 0.15) is 18.9 Å². The Hall–Kier alpha value is -1.57. The highest BCUT2D eigenvalue weighted by Gasteiger charge is 2.46. The molecule has 3 unspecified atom stereocenters. The zero-order chi connectivity index (χ0) is 11.8. The van der Waals surface area contributed by atoms with Crippen LogP contribution in [-0.2, 0) is 9.53 Å². The van der Waals surface area contributed by atoms with Gasteiger partial charge in [0, 0.05) is 5.92 Å². The zero-order valence-corrected chi connectivity index (χ0v) is 9.93. The van der Waals surface area contributed by atoms with Crippen LogP contribution < -0.4 is 0 Å². The summed E-state index contributed by atoms with van der Waals surface area (Å²) in [6.45, 7) is 2.82. The van der Waals surface area contributed by atoms with Gasteiger partial charge in [-0.2, -0.15) is 0 Å². The highest BCUT2D eigenvalue weighted by atomic mass is 16.5. The molecule has 1 aliphatic heterocycles. The lowest BCUT2D eigenvalue weighted by Gasteiger charge is -2.11. The first-order valence-electron chi connectivity index (χ1n) is 6.18. The van der Waals surface area contributed by atoms with Gasteiger partial charge in [-0.3, -0.25) is 4.79 Å². The summed E-state index contributed by atoms with van der Waals surface area (Å²) in [4.78, 5) is 11.5. The zero-order valence-electron chi connectivity index (χ0n) is 9.93. The fourth-order valence-electron chi connectivity index (χ4n) is 2.97. The van der Waals surface area contributed by atoms with Gasteiger partial charge in [-0.05, 0) is 17.9 Å². The fraction of sp³-hybridized carbons (Fsp3) is 0.400. The van der Waals surface area contributed by atoms with Gasteiger partial charge in [0.05, 0.1) is 12.5 Å². The summed E-state index contributed by atoms with van der Waals surface area (Å²) in [5.74, 6) is 0.974. The number of allylic oxidation sites excluding steroid dienone is 1. The summed E-state index contributed by atoms with van der Waals surface area (Å²) in [5.41, 5.74) is 2.62. The van der Waals surface area contributed by atoms with Crippen molar-refractivity contribution < 1.29 is 9.53 Å². The lowest BCUT2D eigenvalue weighted by atomic mass is 9.92. The first-order chi connectivity index (χ1) is 8.25. The lowest BCUT2D eigenvalue weighted by molar-refractivity contribution is -0.141. The van der Waals surface area contributed by atoms with E-state index in [0.29, 0.717) is 18.4 Å². The van der Waals surface area contributed by atoms with Crippen molar-refractivity contribution in [3.8, 4) is 0 Å². The Balaban J connectivity index is 1.87. The Bertz CT molecular complexity index is 461. The minimum Gasteiger partial charge on any atom is -0.465 e. The quantitative estimate of drug-likeness (QED) is 0.691. The van der Waals surface area contributed by atoms with E-state index in [1.54, 1.807) is 0 Å². The molecular weight excluding hydrogens is 212 g/mol. The summed E-state index contributed by atoms with van der Waals surface area (Å²) < 4.78 is 5.12. The number of cyclic esters (lactones) is 1. The molecular formula is C15H16O2. The van der Waals surface area contributed by atoms with Crippen LogP contribution in [-0.4, -0.2) is 12.6 Å². The molecule has 2 fully saturated rings. The average Bonchev–Trinajstić information content (AvgIpc) is 2.84. The Morgan fingerprint density at radius 2 is 2.06 bits per heavy atom. The van der Waals surface area contributed by atoms with Crippen molar-refractivity contribution >= 4 is 12.0 Å². The smallest absolute Gasteiger partial charge is 0.309 e. The number of esters is 1. The number of hydrogen-bond donors (Lipinski definition) is 0. The van der Waals surface area contributed by atoms with Crippen molar-refractivity contribution in [2.45, 2.75) is 13.3 Å². The molecule has 1 aromatic carbocycles. The molecule has 1 saturated heterocycles. The molecule has 17 heavy (non-hydrogen) atoms. The molecule has 0 spiro atoms. The van der Waals surface area contributed by atoms with Gasteiger partial charge in [0.2, 0.25) is 0 Å². The second-order valence-corrected chi connectivity index (χ2v) is 5.02. The third-order valence-corrected chi connectivity index (χ3v) is 4.07. The molecule has 1 heterocycles. The first-order valence-corrected chi connectivity index (χ1v) is 6.18. The van der Waals surface area contributed by atoms with Gasteiger partial charge in [-0.25, -0.2) is 0 Å². The Labute approximate surface area is 101 Å². The topological polar surface area (TPSA) is 26.3 Å². The Morgan fingerprint density at radius 3 is 2.76 bits per heavy atom. The predicted octanol–water partition coefficient (Wildman–Crippen LogP) is 2.90. The van der Waals surface area contributed by atoms with Crippen molar-refractivity contribution in [2.75, 3.05) is 6.61 Å². The van der Waals surface area contributed by atoms with Crippen LogP contribution in [0.25, 0.3) is 6.08 Å². The third kappa shape index (κ3) is 1.78. The van der Waals surface area contributed by atoms with Crippen LogP contribution in [0.4, 0.5) is 0 Å². The number of hydrogen-bond acceptors (Lipinski definition) is 2. The van der Waals surface area contributed by atoms with E-state index < -0.39 is 0 Å². The van der Waals surface area contributed by atoms with Crippen molar-refractivity contribution in [2.24, 2.45) is 17.8 Å². The van der Waals surface area contributed by atoms with Gasteiger partial charge in [-0.15, -0.1) is 0 Å². The molecule has 1 aliphatic carbocycles. The highest BCUT2D eigenvalue weighted by molar-refractivity contribution is 5.77. The number of ether oxygens (including phenoxy) is 1. The minimum absolute atomic E-state index is 0.00156. The van der Waals surface area contributed by atoms with Crippen LogP contribution >= 0.6 is 0 Å². The molecule has 2 heteroatoms. The molecule has 88 valence electrons. The monoisotopic (exact) mass is 228 g/mol. The molecule has 2 nitrogen and oxygen atoms in total. The molecule has 0 bridgehead atoms. The minimum atomic E-state index is -0.00156. The maximum Gasteiger partial charge on any atom is 0.309 e. The Morgan fingerprint density at radius 1 is 1.29 bits per heavy atom. The second-order valence-electron chi connectivity index (χ2n) is 5.02. The van der Waals surface area contributed by atoms with E-state index >= 15 is 0 Å². The van der Waals surface area contributed by atoms with Gasteiger partial charge < -0.3 is 4.74 Å². The largest absolute Gasteiger partial charge is 0.465 e. The van der Waals surface area contributed by atoms with E-state index in [1.165, 1.54) is 11.1 Å². The molecule has 3 atom stereocenters. The SMILES string of the molecule is CC1/C(=C/c2ccccc2)CC2C(=O)OCC21. The third-order valence-electron chi connectivity index (χ3n) is 4.07. The van der Waals surface area contributed by atoms with Crippen molar-refractivity contribution in [1.29, 1.82) is 0 Å². The lowest BCUT2D eigenvalue weighted by Crippen LogP contribution is -2.12. The van der Waals surface area contributed by atoms with Gasteiger partial charge >= 0.3 is 5.97 Å². The molecule has 3 rings (SSSR count). The molecule has 0 N–H and O–H groups in total. The summed E-state index contributed by atoms with van der Waals surface area (Å²) in [7, 11) is 0. The summed E-state index contributed by atoms with van der Waals surface area (Å²) >= 11 is 0. The number of carbonyl (C=O) groups excluding carboxylic acids is 1. The van der Waals surface area contributed by atoms with E-state index in [9.17, 15) is 4.79 Å². The maximum atomic E-state index is 11.5. The molecule has 0 radical (unpaired) electrons. The van der Waals surface area contributed by atoms with Crippen molar-refractivity contribution in [3.05, 3.63) is 41.5 Å². The summed E-state index contributed by atoms with van der Waals surface area (Å²) in [5, 5.41) is 0. The molecule has 1 aromatic rings. The summed E-state index contributed by atoms with van der Waals surface area (Å²) in [6, 6.07) is 10.3. The van der Waals surface area contributed by atoms with E-state index in [0.717, 1.165) is 6.42 Å². The van der Waals surface area contributed by atoms with Crippen LogP contribution in [0.2, 0.25) is 0 Å². The van der Waals surface area contributed by atoms with Crippen molar-refractivity contribution in [1.82, 2.24) is 0 Å². The second kappa shape index (κ2) is 4.02. The van der Waals surface area contributed by atoms with Crippen molar-refractivity contribution in [3.63, 3.8) is 0 Å². The number of fused-ring (bicyclic) bond motifs is 1. The van der Waals surface area contributed by atoms with Gasteiger partial charge in [0.15, 0.2) is 0 Å². The number of rotatable bonds is 1. The standard InChI is InChI=1S/C15H16O2/c1-10-12(7-11-5-3-2-4-6-11)8-13-14(10)9-17-15(13)16/h2-7,10,13-14H,8-9H2,1H3/b12-7+. The van der Waals surface area contributed by atoms with E-state index in [2.05, 4.69) is 25.1 Å². The number of carbonyl (C=O) groups is 1. The molecule has 0 aromatic heterocycles. The predicted molar refractivity (Wildman–Crippen MR) is 66.1 cm³/mol. The highest BCUT2D eigenvalue weighted by Crippen LogP contribution is 2.45. The normalized spacial score (nSPS) is 33.8. The fourth-order valence-corrected chi connectivity index (χ4v) is 2.97. The number of benzene rings is 1. The first kappa shape index (κ1) is 10.6. The maximum absolute atomic E-state index is 11.5. The summed E-state index contributed by atoms with van der Waals surface area (Å²) in [6.07, 6.45) is 3.11. The van der Waals surface area contributed by atoms with E-state index in [-0.39, 0.29) is 11.9 Å². The van der Waals surface area contributed by atoms with E-state index in [1.807, 2.05) is 18.2 Å². The molecule has 2 aliphatic rings. The van der Waals surface area contributed by atoms with Gasteiger partial charge in [0.1, 0.15) is 0 Å². The van der Waals surface area contributed by atoms with Crippen LogP contribution in [0.15, 0.2) is 35.9 Å².